The zero-order chi connectivity index (χ0) is 15.5. The van der Waals surface area contributed by atoms with Crippen molar-refractivity contribution >= 4 is 22.5 Å². The first kappa shape index (κ1) is 14.2. The van der Waals surface area contributed by atoms with Crippen LogP contribution in [0.1, 0.15) is 19.9 Å². The molecule has 114 valence electrons. The van der Waals surface area contributed by atoms with Crippen molar-refractivity contribution < 1.29 is 9.53 Å². The molecule has 0 saturated heterocycles. The van der Waals surface area contributed by atoms with E-state index in [9.17, 15) is 4.79 Å². The number of benzene rings is 1. The summed E-state index contributed by atoms with van der Waals surface area (Å²) in [6, 6.07) is 8.24. The number of carbonyl (C=O) groups is 1. The maximum atomic E-state index is 11.9. The predicted octanol–water partition coefficient (Wildman–Crippen LogP) is 2.96. The average molecular weight is 298 g/mol. The van der Waals surface area contributed by atoms with Crippen molar-refractivity contribution in [2.75, 3.05) is 11.9 Å². The third-order valence-electron chi connectivity index (χ3n) is 3.42. The number of rotatable bonds is 5. The highest BCUT2D eigenvalue weighted by Crippen LogP contribution is 2.28. The van der Waals surface area contributed by atoms with Crippen molar-refractivity contribution in [1.29, 1.82) is 0 Å². The summed E-state index contributed by atoms with van der Waals surface area (Å²) in [4.78, 5) is 11.9. The minimum Gasteiger partial charge on any atom is -0.483 e. The van der Waals surface area contributed by atoms with Crippen LogP contribution >= 0.6 is 0 Å². The molecule has 3 rings (SSSR count). The van der Waals surface area contributed by atoms with Gasteiger partial charge in [0.2, 0.25) is 0 Å². The second kappa shape index (κ2) is 5.93. The average Bonchev–Trinajstić information content (AvgIpc) is 3.13. The van der Waals surface area contributed by atoms with Gasteiger partial charge in [0, 0.05) is 23.8 Å². The molecule has 6 nitrogen and oxygen atoms in total. The molecule has 0 spiro atoms. The van der Waals surface area contributed by atoms with Crippen LogP contribution in [0.2, 0.25) is 0 Å². The second-order valence-corrected chi connectivity index (χ2v) is 5.33. The first-order valence-corrected chi connectivity index (χ1v) is 7.16. The van der Waals surface area contributed by atoms with Gasteiger partial charge in [-0.15, -0.1) is 0 Å². The van der Waals surface area contributed by atoms with E-state index in [0.29, 0.717) is 17.5 Å². The molecule has 2 aromatic heterocycles. The number of carbonyl (C=O) groups excluding carboxylic acids is 1. The highest BCUT2D eigenvalue weighted by molar-refractivity contribution is 5.92. The van der Waals surface area contributed by atoms with Gasteiger partial charge in [-0.25, -0.2) is 0 Å². The molecule has 0 unspecified atom stereocenters. The van der Waals surface area contributed by atoms with Gasteiger partial charge in [0.25, 0.3) is 5.91 Å². The fourth-order valence-corrected chi connectivity index (χ4v) is 2.40. The second-order valence-electron chi connectivity index (χ2n) is 5.33. The number of fused-ring (bicyclic) bond motifs is 1. The highest BCUT2D eigenvalue weighted by Gasteiger charge is 2.10. The fourth-order valence-electron chi connectivity index (χ4n) is 2.40. The summed E-state index contributed by atoms with van der Waals surface area (Å²) in [5, 5.41) is 10.1. The predicted molar refractivity (Wildman–Crippen MR) is 85.0 cm³/mol. The minimum absolute atomic E-state index is 0.0445. The number of amides is 1. The summed E-state index contributed by atoms with van der Waals surface area (Å²) in [7, 11) is 0. The van der Waals surface area contributed by atoms with Crippen molar-refractivity contribution in [3.8, 4) is 5.75 Å². The minimum atomic E-state index is -0.221. The van der Waals surface area contributed by atoms with E-state index in [0.717, 1.165) is 10.9 Å². The lowest BCUT2D eigenvalue weighted by Gasteiger charge is -2.11. The van der Waals surface area contributed by atoms with Gasteiger partial charge in [-0.2, -0.15) is 5.10 Å². The molecule has 6 heteroatoms. The Morgan fingerprint density at radius 1 is 1.41 bits per heavy atom. The molecule has 0 aliphatic carbocycles. The molecule has 0 bridgehead atoms. The fraction of sp³-hybridized carbons (Fsp3) is 0.250. The molecule has 1 aromatic carbocycles. The SMILES string of the molecule is CC(C)n1ccc2c(OCC(=O)Nc3cn[nH]c3)cccc21. The van der Waals surface area contributed by atoms with Crippen LogP contribution in [0.15, 0.2) is 42.9 Å². The first-order valence-electron chi connectivity index (χ1n) is 7.16. The molecule has 0 radical (unpaired) electrons. The summed E-state index contributed by atoms with van der Waals surface area (Å²) >= 11 is 0. The van der Waals surface area contributed by atoms with E-state index in [-0.39, 0.29) is 12.5 Å². The summed E-state index contributed by atoms with van der Waals surface area (Å²) in [5.74, 6) is 0.487. The maximum Gasteiger partial charge on any atom is 0.262 e. The molecule has 3 aromatic rings. The lowest BCUT2D eigenvalue weighted by molar-refractivity contribution is -0.118. The largest absolute Gasteiger partial charge is 0.483 e. The molecular formula is C16H18N4O2. The Balaban J connectivity index is 1.73. The number of hydrogen-bond donors (Lipinski definition) is 2. The van der Waals surface area contributed by atoms with Crippen LogP contribution in [-0.4, -0.2) is 27.3 Å². The number of nitrogens with one attached hydrogen (secondary N) is 2. The first-order chi connectivity index (χ1) is 10.6. The van der Waals surface area contributed by atoms with E-state index < -0.39 is 0 Å². The molecule has 0 fully saturated rings. The van der Waals surface area contributed by atoms with Crippen LogP contribution in [0.25, 0.3) is 10.9 Å². The van der Waals surface area contributed by atoms with Gasteiger partial charge in [-0.1, -0.05) is 6.07 Å². The molecule has 2 heterocycles. The summed E-state index contributed by atoms with van der Waals surface area (Å²) in [6.45, 7) is 4.22. The zero-order valence-electron chi connectivity index (χ0n) is 12.5. The van der Waals surface area contributed by atoms with E-state index in [1.165, 1.54) is 0 Å². The van der Waals surface area contributed by atoms with Gasteiger partial charge in [-0.3, -0.25) is 9.89 Å². The third kappa shape index (κ3) is 2.81. The Kier molecular flexibility index (Phi) is 3.82. The van der Waals surface area contributed by atoms with Crippen LogP contribution < -0.4 is 10.1 Å². The van der Waals surface area contributed by atoms with Gasteiger partial charge in [0.15, 0.2) is 6.61 Å². The van der Waals surface area contributed by atoms with Gasteiger partial charge >= 0.3 is 0 Å². The van der Waals surface area contributed by atoms with Crippen LogP contribution in [-0.2, 0) is 4.79 Å². The molecular weight excluding hydrogens is 280 g/mol. The number of nitrogens with zero attached hydrogens (tertiary/aromatic N) is 2. The molecule has 0 atom stereocenters. The van der Waals surface area contributed by atoms with Gasteiger partial charge in [0.1, 0.15) is 5.75 Å². The van der Waals surface area contributed by atoms with E-state index in [4.69, 9.17) is 4.74 Å². The molecule has 22 heavy (non-hydrogen) atoms. The summed E-state index contributed by atoms with van der Waals surface area (Å²) < 4.78 is 7.84. The van der Waals surface area contributed by atoms with Crippen LogP contribution in [0, 0.1) is 0 Å². The Morgan fingerprint density at radius 3 is 3.00 bits per heavy atom. The summed E-state index contributed by atoms with van der Waals surface area (Å²) in [6.07, 6.45) is 5.19. The topological polar surface area (TPSA) is 71.9 Å². The Labute approximate surface area is 128 Å². The van der Waals surface area contributed by atoms with Crippen molar-refractivity contribution in [2.24, 2.45) is 0 Å². The van der Waals surface area contributed by atoms with Gasteiger partial charge in [-0.05, 0) is 32.0 Å². The van der Waals surface area contributed by atoms with E-state index >= 15 is 0 Å². The van der Waals surface area contributed by atoms with E-state index in [1.54, 1.807) is 12.4 Å². The number of H-pyrrole nitrogens is 1. The summed E-state index contributed by atoms with van der Waals surface area (Å²) in [5.41, 5.74) is 1.72. The number of aromatic amines is 1. The van der Waals surface area contributed by atoms with Crippen LogP contribution in [0.3, 0.4) is 0 Å². The number of anilines is 1. The molecule has 0 saturated carbocycles. The highest BCUT2D eigenvalue weighted by atomic mass is 16.5. The number of hydrogen-bond acceptors (Lipinski definition) is 3. The number of ether oxygens (including phenoxy) is 1. The lowest BCUT2D eigenvalue weighted by Crippen LogP contribution is -2.19. The normalized spacial score (nSPS) is 11.0. The van der Waals surface area contributed by atoms with Crippen molar-refractivity contribution in [2.45, 2.75) is 19.9 Å². The van der Waals surface area contributed by atoms with Crippen molar-refractivity contribution in [1.82, 2.24) is 14.8 Å². The van der Waals surface area contributed by atoms with Crippen molar-refractivity contribution in [3.63, 3.8) is 0 Å². The van der Waals surface area contributed by atoms with E-state index in [2.05, 4.69) is 33.9 Å². The number of aromatic nitrogens is 3. The van der Waals surface area contributed by atoms with Gasteiger partial charge in [0.05, 0.1) is 17.4 Å². The standard InChI is InChI=1S/C16H18N4O2/c1-11(2)20-7-6-13-14(20)4-3-5-15(13)22-10-16(21)19-12-8-17-18-9-12/h3-9,11H,10H2,1-2H3,(H,17,18)(H,19,21). The third-order valence-corrected chi connectivity index (χ3v) is 3.42. The molecule has 0 aliphatic heterocycles. The Bertz CT molecular complexity index is 775. The molecule has 1 amide bonds. The quantitative estimate of drug-likeness (QED) is 0.760. The van der Waals surface area contributed by atoms with Crippen molar-refractivity contribution in [3.05, 3.63) is 42.9 Å². The van der Waals surface area contributed by atoms with Crippen LogP contribution in [0.5, 0.6) is 5.75 Å². The van der Waals surface area contributed by atoms with E-state index in [1.807, 2.05) is 30.5 Å². The zero-order valence-corrected chi connectivity index (χ0v) is 12.5. The maximum absolute atomic E-state index is 11.9. The molecule has 2 N–H and O–H groups in total. The monoisotopic (exact) mass is 298 g/mol. The lowest BCUT2D eigenvalue weighted by atomic mass is 10.2. The van der Waals surface area contributed by atoms with Crippen LogP contribution in [0.4, 0.5) is 5.69 Å². The molecule has 0 aliphatic rings. The van der Waals surface area contributed by atoms with Gasteiger partial charge < -0.3 is 14.6 Å². The smallest absolute Gasteiger partial charge is 0.262 e. The Morgan fingerprint density at radius 2 is 2.27 bits per heavy atom. The Hall–Kier alpha value is -2.76.